The average Bonchev–Trinajstić information content (AvgIpc) is 3.15. The summed E-state index contributed by atoms with van der Waals surface area (Å²) in [5.74, 6) is -0.152. The molecule has 1 aromatic heterocycles. The van der Waals surface area contributed by atoms with Crippen molar-refractivity contribution in [1.29, 1.82) is 0 Å². The quantitative estimate of drug-likeness (QED) is 0.701. The number of hydrogen-bond donors (Lipinski definition) is 1. The highest BCUT2D eigenvalue weighted by Crippen LogP contribution is 2.35. The van der Waals surface area contributed by atoms with Crippen LogP contribution in [0.3, 0.4) is 0 Å². The molecule has 4 rings (SSSR count). The first-order valence-corrected chi connectivity index (χ1v) is 11.0. The van der Waals surface area contributed by atoms with E-state index < -0.39 is 22.0 Å². The molecule has 2 heterocycles. The highest BCUT2D eigenvalue weighted by Gasteiger charge is 2.35. The molecule has 0 saturated carbocycles. The molecule has 1 unspecified atom stereocenters. The standard InChI is InChI=1S/C18H16N4O4S2/c1-28(24,25)22-11-15(26-14-10-6-5-9-13(14)22)16(23)19-18-21-20-17(27-18)12-7-3-2-4-8-12/h2-10,15H,11H2,1H3,(H,19,21,23). The number of para-hydroxylation sites is 2. The summed E-state index contributed by atoms with van der Waals surface area (Å²) in [4.78, 5) is 12.7. The predicted octanol–water partition coefficient (Wildman–Crippen LogP) is 2.37. The Morgan fingerprint density at radius 3 is 2.61 bits per heavy atom. The SMILES string of the molecule is CS(=O)(=O)N1CC(C(=O)Nc2nnc(-c3ccccc3)s2)Oc2ccccc21. The number of nitrogens with one attached hydrogen (secondary N) is 1. The number of benzene rings is 2. The average molecular weight is 416 g/mol. The highest BCUT2D eigenvalue weighted by atomic mass is 32.2. The summed E-state index contributed by atoms with van der Waals surface area (Å²) in [6.45, 7) is -0.119. The number of aromatic nitrogens is 2. The molecule has 144 valence electrons. The zero-order chi connectivity index (χ0) is 19.7. The number of fused-ring (bicyclic) bond motifs is 1. The van der Waals surface area contributed by atoms with Gasteiger partial charge in [0.05, 0.1) is 18.5 Å². The molecule has 1 atom stereocenters. The Bertz CT molecular complexity index is 1120. The summed E-state index contributed by atoms with van der Waals surface area (Å²) in [6.07, 6.45) is 0.0923. The molecule has 1 amide bonds. The monoisotopic (exact) mass is 416 g/mol. The van der Waals surface area contributed by atoms with Gasteiger partial charge in [0, 0.05) is 5.56 Å². The lowest BCUT2D eigenvalue weighted by Gasteiger charge is -2.33. The summed E-state index contributed by atoms with van der Waals surface area (Å²) in [6, 6.07) is 16.2. The van der Waals surface area contributed by atoms with Crippen molar-refractivity contribution < 1.29 is 17.9 Å². The molecule has 0 aliphatic carbocycles. The molecule has 28 heavy (non-hydrogen) atoms. The van der Waals surface area contributed by atoms with Crippen molar-refractivity contribution in [1.82, 2.24) is 10.2 Å². The number of rotatable bonds is 4. The number of carbonyl (C=O) groups excluding carboxylic acids is 1. The number of carbonyl (C=O) groups is 1. The molecule has 0 spiro atoms. The lowest BCUT2D eigenvalue weighted by atomic mass is 10.2. The molecule has 3 aromatic rings. The van der Waals surface area contributed by atoms with Gasteiger partial charge in [-0.2, -0.15) is 0 Å². The van der Waals surface area contributed by atoms with E-state index in [1.807, 2.05) is 30.3 Å². The maximum atomic E-state index is 12.7. The van der Waals surface area contributed by atoms with Crippen molar-refractivity contribution in [2.75, 3.05) is 22.4 Å². The second-order valence-corrected chi connectivity index (χ2v) is 9.02. The van der Waals surface area contributed by atoms with E-state index in [0.717, 1.165) is 11.8 Å². The van der Waals surface area contributed by atoms with Crippen LogP contribution in [0.25, 0.3) is 10.6 Å². The smallest absolute Gasteiger partial charge is 0.269 e. The number of ether oxygens (including phenoxy) is 1. The third kappa shape index (κ3) is 3.69. The van der Waals surface area contributed by atoms with Gasteiger partial charge in [0.15, 0.2) is 6.10 Å². The molecule has 1 aliphatic heterocycles. The lowest BCUT2D eigenvalue weighted by molar-refractivity contribution is -0.122. The summed E-state index contributed by atoms with van der Waals surface area (Å²) in [7, 11) is -3.56. The van der Waals surface area contributed by atoms with Crippen LogP contribution in [0.4, 0.5) is 10.8 Å². The largest absolute Gasteiger partial charge is 0.476 e. The first kappa shape index (κ1) is 18.4. The third-order valence-electron chi connectivity index (χ3n) is 4.10. The van der Waals surface area contributed by atoms with Gasteiger partial charge < -0.3 is 4.74 Å². The maximum absolute atomic E-state index is 12.7. The van der Waals surface area contributed by atoms with Gasteiger partial charge in [-0.25, -0.2) is 8.42 Å². The van der Waals surface area contributed by atoms with Gasteiger partial charge >= 0.3 is 0 Å². The molecule has 0 radical (unpaired) electrons. The number of amides is 1. The molecule has 0 fully saturated rings. The zero-order valence-electron chi connectivity index (χ0n) is 14.8. The molecular weight excluding hydrogens is 400 g/mol. The molecular formula is C18H16N4O4S2. The first-order chi connectivity index (χ1) is 13.4. The van der Waals surface area contributed by atoms with Crippen LogP contribution >= 0.6 is 11.3 Å². The van der Waals surface area contributed by atoms with E-state index >= 15 is 0 Å². The summed E-state index contributed by atoms with van der Waals surface area (Å²) in [5, 5.41) is 11.7. The molecule has 8 nitrogen and oxygen atoms in total. The van der Waals surface area contributed by atoms with Gasteiger partial charge in [0.25, 0.3) is 5.91 Å². The molecule has 2 aromatic carbocycles. The van der Waals surface area contributed by atoms with Crippen LogP contribution in [0, 0.1) is 0 Å². The minimum absolute atomic E-state index is 0.119. The minimum Gasteiger partial charge on any atom is -0.476 e. The Morgan fingerprint density at radius 2 is 1.86 bits per heavy atom. The van der Waals surface area contributed by atoms with E-state index in [0.29, 0.717) is 21.6 Å². The summed E-state index contributed by atoms with van der Waals surface area (Å²) < 4.78 is 31.2. The van der Waals surface area contributed by atoms with Gasteiger partial charge in [0.1, 0.15) is 10.8 Å². The molecule has 0 saturated heterocycles. The van der Waals surface area contributed by atoms with Crippen molar-refractivity contribution in [3.05, 3.63) is 54.6 Å². The Balaban J connectivity index is 1.54. The molecule has 10 heteroatoms. The zero-order valence-corrected chi connectivity index (χ0v) is 16.4. The predicted molar refractivity (Wildman–Crippen MR) is 107 cm³/mol. The number of nitrogens with zero attached hydrogens (tertiary/aromatic N) is 3. The lowest BCUT2D eigenvalue weighted by Crippen LogP contribution is -2.48. The molecule has 0 bridgehead atoms. The van der Waals surface area contributed by atoms with Crippen molar-refractivity contribution in [3.8, 4) is 16.3 Å². The fourth-order valence-electron chi connectivity index (χ4n) is 2.81. The third-order valence-corrected chi connectivity index (χ3v) is 6.14. The Kier molecular flexibility index (Phi) is 4.73. The van der Waals surface area contributed by atoms with Crippen molar-refractivity contribution >= 4 is 38.1 Å². The first-order valence-electron chi connectivity index (χ1n) is 8.35. The van der Waals surface area contributed by atoms with Crippen LogP contribution in [0.2, 0.25) is 0 Å². The van der Waals surface area contributed by atoms with Gasteiger partial charge in [-0.05, 0) is 12.1 Å². The van der Waals surface area contributed by atoms with Crippen molar-refractivity contribution in [2.24, 2.45) is 0 Å². The second kappa shape index (κ2) is 7.21. The number of anilines is 2. The summed E-state index contributed by atoms with van der Waals surface area (Å²) in [5.41, 5.74) is 1.31. The van der Waals surface area contributed by atoms with Gasteiger partial charge in [0.2, 0.25) is 15.2 Å². The fourth-order valence-corrected chi connectivity index (χ4v) is 4.48. The number of hydrogen-bond acceptors (Lipinski definition) is 7. The Labute approximate surface area is 165 Å². The summed E-state index contributed by atoms with van der Waals surface area (Å²) >= 11 is 1.23. The van der Waals surface area contributed by atoms with E-state index in [-0.39, 0.29) is 6.54 Å². The van der Waals surface area contributed by atoms with E-state index in [2.05, 4.69) is 15.5 Å². The molecule has 1 aliphatic rings. The number of sulfonamides is 1. The van der Waals surface area contributed by atoms with E-state index in [1.54, 1.807) is 24.3 Å². The van der Waals surface area contributed by atoms with Crippen LogP contribution in [0.5, 0.6) is 5.75 Å². The van der Waals surface area contributed by atoms with Crippen LogP contribution in [-0.2, 0) is 14.8 Å². The highest BCUT2D eigenvalue weighted by molar-refractivity contribution is 7.92. The van der Waals surface area contributed by atoms with Crippen molar-refractivity contribution in [2.45, 2.75) is 6.10 Å². The fraction of sp³-hybridized carbons (Fsp3) is 0.167. The minimum atomic E-state index is -3.56. The maximum Gasteiger partial charge on any atom is 0.269 e. The Hall–Kier alpha value is -2.98. The van der Waals surface area contributed by atoms with E-state index in [4.69, 9.17) is 4.74 Å². The van der Waals surface area contributed by atoms with Crippen LogP contribution in [0.15, 0.2) is 54.6 Å². The molecule has 1 N–H and O–H groups in total. The van der Waals surface area contributed by atoms with Crippen molar-refractivity contribution in [3.63, 3.8) is 0 Å². The normalized spacial score (nSPS) is 16.2. The van der Waals surface area contributed by atoms with Gasteiger partial charge in [-0.1, -0.05) is 53.8 Å². The second-order valence-electron chi connectivity index (χ2n) is 6.14. The van der Waals surface area contributed by atoms with E-state index in [9.17, 15) is 13.2 Å². The van der Waals surface area contributed by atoms with Crippen LogP contribution in [0.1, 0.15) is 0 Å². The van der Waals surface area contributed by atoms with Gasteiger partial charge in [-0.3, -0.25) is 14.4 Å². The van der Waals surface area contributed by atoms with Crippen LogP contribution in [-0.4, -0.2) is 43.4 Å². The topological polar surface area (TPSA) is 101 Å². The van der Waals surface area contributed by atoms with E-state index in [1.165, 1.54) is 15.6 Å². The van der Waals surface area contributed by atoms with Crippen LogP contribution < -0.4 is 14.4 Å². The van der Waals surface area contributed by atoms with Gasteiger partial charge in [-0.15, -0.1) is 10.2 Å². The Morgan fingerprint density at radius 1 is 1.14 bits per heavy atom.